The van der Waals surface area contributed by atoms with Crippen molar-refractivity contribution in [3.8, 4) is 5.75 Å². The van der Waals surface area contributed by atoms with Gasteiger partial charge < -0.3 is 9.47 Å². The predicted molar refractivity (Wildman–Crippen MR) is 64.6 cm³/mol. The van der Waals surface area contributed by atoms with E-state index >= 15 is 0 Å². The van der Waals surface area contributed by atoms with Crippen molar-refractivity contribution in [3.05, 3.63) is 35.5 Å². The molecule has 0 amide bonds. The third-order valence-corrected chi connectivity index (χ3v) is 2.72. The van der Waals surface area contributed by atoms with Gasteiger partial charge in [-0.15, -0.1) is 0 Å². The molecular formula is C13H10F3NO3. The molecule has 0 N–H and O–H groups in total. The fraction of sp³-hybridized carbons (Fsp3) is 0.231. The summed E-state index contributed by atoms with van der Waals surface area (Å²) >= 11 is 0. The topological polar surface area (TPSA) is 48.4 Å². The Kier molecular flexibility index (Phi) is 3.52. The van der Waals surface area contributed by atoms with Crippen LogP contribution in [0.4, 0.5) is 13.2 Å². The number of alkyl halides is 3. The van der Waals surface area contributed by atoms with E-state index in [1.807, 2.05) is 0 Å². The van der Waals surface area contributed by atoms with Crippen molar-refractivity contribution in [2.45, 2.75) is 6.18 Å². The monoisotopic (exact) mass is 285 g/mol. The van der Waals surface area contributed by atoms with Gasteiger partial charge in [0.05, 0.1) is 25.3 Å². The molecule has 0 saturated carbocycles. The summed E-state index contributed by atoms with van der Waals surface area (Å²) in [5.74, 6) is -0.459. The Morgan fingerprint density at radius 1 is 1.20 bits per heavy atom. The predicted octanol–water partition coefficient (Wildman–Crippen LogP) is 3.05. The average molecular weight is 285 g/mol. The number of carbonyl (C=O) groups is 1. The SMILES string of the molecule is COC(=O)c1cc(OC)c2ncc(C(F)(F)F)cc2c1. The molecule has 1 aromatic carbocycles. The van der Waals surface area contributed by atoms with Gasteiger partial charge in [-0.3, -0.25) is 4.98 Å². The first kappa shape index (κ1) is 14.1. The molecule has 20 heavy (non-hydrogen) atoms. The number of rotatable bonds is 2. The Hall–Kier alpha value is -2.31. The standard InChI is InChI=1S/C13H10F3NO3/c1-19-10-5-8(12(18)20-2)3-7-4-9(13(14,15)16)6-17-11(7)10/h3-6H,1-2H3. The summed E-state index contributed by atoms with van der Waals surface area (Å²) in [7, 11) is 2.53. The second-order valence-corrected chi connectivity index (χ2v) is 3.96. The largest absolute Gasteiger partial charge is 0.494 e. The summed E-state index contributed by atoms with van der Waals surface area (Å²) in [6.07, 6.45) is -3.78. The quantitative estimate of drug-likeness (QED) is 0.796. The molecule has 0 spiro atoms. The molecule has 7 heteroatoms. The van der Waals surface area contributed by atoms with Crippen LogP contribution in [-0.4, -0.2) is 25.2 Å². The molecule has 4 nitrogen and oxygen atoms in total. The van der Waals surface area contributed by atoms with E-state index < -0.39 is 17.7 Å². The van der Waals surface area contributed by atoms with E-state index in [0.29, 0.717) is 0 Å². The Balaban J connectivity index is 2.69. The van der Waals surface area contributed by atoms with Crippen LogP contribution in [0.5, 0.6) is 5.75 Å². The molecule has 2 rings (SSSR count). The third-order valence-electron chi connectivity index (χ3n) is 2.72. The number of aromatic nitrogens is 1. The Bertz CT molecular complexity index is 668. The van der Waals surface area contributed by atoms with Crippen molar-refractivity contribution in [1.29, 1.82) is 0 Å². The van der Waals surface area contributed by atoms with Gasteiger partial charge in [-0.1, -0.05) is 0 Å². The lowest BCUT2D eigenvalue weighted by molar-refractivity contribution is -0.137. The highest BCUT2D eigenvalue weighted by molar-refractivity contribution is 5.97. The Morgan fingerprint density at radius 3 is 2.45 bits per heavy atom. The van der Waals surface area contributed by atoms with Gasteiger partial charge in [0.1, 0.15) is 11.3 Å². The molecular weight excluding hydrogens is 275 g/mol. The highest BCUT2D eigenvalue weighted by atomic mass is 19.4. The number of halogens is 3. The van der Waals surface area contributed by atoms with Crippen LogP contribution in [0.15, 0.2) is 24.4 Å². The van der Waals surface area contributed by atoms with Crippen LogP contribution in [0.25, 0.3) is 10.9 Å². The highest BCUT2D eigenvalue weighted by Gasteiger charge is 2.31. The van der Waals surface area contributed by atoms with Crippen molar-refractivity contribution in [1.82, 2.24) is 4.98 Å². The van der Waals surface area contributed by atoms with E-state index in [0.717, 1.165) is 12.3 Å². The van der Waals surface area contributed by atoms with Crippen molar-refractivity contribution < 1.29 is 27.4 Å². The molecule has 106 valence electrons. The molecule has 2 aromatic rings. The smallest absolute Gasteiger partial charge is 0.417 e. The maximum Gasteiger partial charge on any atom is 0.417 e. The zero-order valence-corrected chi connectivity index (χ0v) is 10.6. The molecule has 1 heterocycles. The van der Waals surface area contributed by atoms with E-state index in [1.165, 1.54) is 26.4 Å². The Morgan fingerprint density at radius 2 is 1.90 bits per heavy atom. The molecule has 0 atom stereocenters. The van der Waals surface area contributed by atoms with E-state index in [2.05, 4.69) is 9.72 Å². The summed E-state index contributed by atoms with van der Waals surface area (Å²) < 4.78 is 47.6. The second kappa shape index (κ2) is 4.99. The summed E-state index contributed by atoms with van der Waals surface area (Å²) in [6, 6.07) is 3.57. The summed E-state index contributed by atoms with van der Waals surface area (Å²) in [6.45, 7) is 0. The number of hydrogen-bond acceptors (Lipinski definition) is 4. The number of esters is 1. The minimum absolute atomic E-state index is 0.0953. The van der Waals surface area contributed by atoms with Gasteiger partial charge in [0.2, 0.25) is 0 Å². The highest BCUT2D eigenvalue weighted by Crippen LogP contribution is 2.33. The molecule has 0 aliphatic rings. The lowest BCUT2D eigenvalue weighted by Gasteiger charge is -2.10. The van der Waals surface area contributed by atoms with Gasteiger partial charge >= 0.3 is 12.1 Å². The van der Waals surface area contributed by atoms with Gasteiger partial charge in [0, 0.05) is 11.6 Å². The van der Waals surface area contributed by atoms with Crippen molar-refractivity contribution in [2.24, 2.45) is 0 Å². The number of hydrogen-bond donors (Lipinski definition) is 0. The van der Waals surface area contributed by atoms with Crippen molar-refractivity contribution >= 4 is 16.9 Å². The van der Waals surface area contributed by atoms with Crippen LogP contribution in [0, 0.1) is 0 Å². The first-order valence-electron chi connectivity index (χ1n) is 5.50. The minimum Gasteiger partial charge on any atom is -0.494 e. The normalized spacial score (nSPS) is 11.4. The number of fused-ring (bicyclic) bond motifs is 1. The average Bonchev–Trinajstić information content (AvgIpc) is 2.43. The van der Waals surface area contributed by atoms with E-state index in [1.54, 1.807) is 0 Å². The van der Waals surface area contributed by atoms with Gasteiger partial charge in [-0.25, -0.2) is 4.79 Å². The maximum absolute atomic E-state index is 12.7. The fourth-order valence-corrected chi connectivity index (χ4v) is 1.76. The fourth-order valence-electron chi connectivity index (χ4n) is 1.76. The zero-order chi connectivity index (χ0) is 14.9. The third kappa shape index (κ3) is 2.52. The molecule has 0 aliphatic heterocycles. The molecule has 0 fully saturated rings. The van der Waals surface area contributed by atoms with Crippen molar-refractivity contribution in [2.75, 3.05) is 14.2 Å². The van der Waals surface area contributed by atoms with Crippen LogP contribution in [0.3, 0.4) is 0 Å². The van der Waals surface area contributed by atoms with E-state index in [-0.39, 0.29) is 22.2 Å². The summed E-state index contributed by atoms with van der Waals surface area (Å²) in [5.41, 5.74) is -0.555. The lowest BCUT2D eigenvalue weighted by Crippen LogP contribution is -2.06. The molecule has 0 aliphatic carbocycles. The molecule has 0 saturated heterocycles. The number of nitrogens with zero attached hydrogens (tertiary/aromatic N) is 1. The number of methoxy groups -OCH3 is 2. The molecule has 0 unspecified atom stereocenters. The molecule has 0 radical (unpaired) electrons. The van der Waals surface area contributed by atoms with Gasteiger partial charge in [-0.2, -0.15) is 13.2 Å². The lowest BCUT2D eigenvalue weighted by atomic mass is 10.1. The van der Waals surface area contributed by atoms with Crippen LogP contribution < -0.4 is 4.74 Å². The first-order valence-corrected chi connectivity index (χ1v) is 5.50. The number of ether oxygens (including phenoxy) is 2. The minimum atomic E-state index is -4.50. The van der Waals surface area contributed by atoms with Crippen molar-refractivity contribution in [3.63, 3.8) is 0 Å². The molecule has 0 bridgehead atoms. The van der Waals surface area contributed by atoms with Gasteiger partial charge in [0.25, 0.3) is 0 Å². The summed E-state index contributed by atoms with van der Waals surface area (Å²) in [5, 5.41) is 0.152. The number of benzene rings is 1. The second-order valence-electron chi connectivity index (χ2n) is 3.96. The van der Waals surface area contributed by atoms with Crippen LogP contribution >= 0.6 is 0 Å². The zero-order valence-electron chi connectivity index (χ0n) is 10.6. The maximum atomic E-state index is 12.7. The van der Waals surface area contributed by atoms with Crippen LogP contribution in [0.2, 0.25) is 0 Å². The van der Waals surface area contributed by atoms with E-state index in [4.69, 9.17) is 4.74 Å². The van der Waals surface area contributed by atoms with Gasteiger partial charge in [-0.05, 0) is 18.2 Å². The van der Waals surface area contributed by atoms with Gasteiger partial charge in [0.15, 0.2) is 0 Å². The Labute approximate surface area is 112 Å². The number of carbonyl (C=O) groups excluding carboxylic acids is 1. The molecule has 1 aromatic heterocycles. The number of pyridine rings is 1. The first-order chi connectivity index (χ1) is 9.36. The van der Waals surface area contributed by atoms with Crippen LogP contribution in [0.1, 0.15) is 15.9 Å². The van der Waals surface area contributed by atoms with Crippen LogP contribution in [-0.2, 0) is 10.9 Å². The summed E-state index contributed by atoms with van der Waals surface area (Å²) in [4.78, 5) is 15.2. The van der Waals surface area contributed by atoms with E-state index in [9.17, 15) is 18.0 Å².